The molecule has 3 aliphatic rings. The van der Waals surface area contributed by atoms with E-state index in [-0.39, 0.29) is 0 Å². The normalized spacial score (nSPS) is 71.5. The SMILES string of the molecule is FC1(F)C2(F)OC2(F)C2(F)OC12F. The average molecular weight is 206 g/mol. The van der Waals surface area contributed by atoms with Gasteiger partial charge in [-0.05, 0) is 0 Å². The Kier molecular flexibility index (Phi) is 0.773. The molecule has 0 N–H and O–H groups in total. The summed E-state index contributed by atoms with van der Waals surface area (Å²) in [6.07, 6.45) is 0. The lowest BCUT2D eigenvalue weighted by Crippen LogP contribution is -2.43. The molecule has 8 heteroatoms. The Morgan fingerprint density at radius 1 is 0.538 bits per heavy atom. The van der Waals surface area contributed by atoms with Gasteiger partial charge < -0.3 is 0 Å². The molecule has 0 amide bonds. The van der Waals surface area contributed by atoms with Crippen LogP contribution in [0.3, 0.4) is 0 Å². The first kappa shape index (κ1) is 7.86. The lowest BCUT2D eigenvalue weighted by Gasteiger charge is -2.14. The Bertz CT molecular complexity index is 282. The third kappa shape index (κ3) is 0.377. The van der Waals surface area contributed by atoms with Crippen molar-refractivity contribution in [2.24, 2.45) is 0 Å². The number of epoxide rings is 2. The van der Waals surface area contributed by atoms with Gasteiger partial charge in [-0.25, -0.2) is 0 Å². The van der Waals surface area contributed by atoms with Crippen LogP contribution >= 0.6 is 0 Å². The summed E-state index contributed by atoms with van der Waals surface area (Å²) < 4.78 is 82.7. The largest absolute Gasteiger partial charge is 0.375 e. The molecule has 4 atom stereocenters. The minimum absolute atomic E-state index is 3.24. The predicted molar refractivity (Wildman–Crippen MR) is 22.5 cm³/mol. The zero-order valence-corrected chi connectivity index (χ0v) is 5.58. The third-order valence-electron chi connectivity index (χ3n) is 2.53. The molecule has 2 aliphatic heterocycles. The van der Waals surface area contributed by atoms with Crippen LogP contribution < -0.4 is 0 Å². The first-order valence-electron chi connectivity index (χ1n) is 3.20. The van der Waals surface area contributed by atoms with Gasteiger partial charge in [0.15, 0.2) is 0 Å². The zero-order chi connectivity index (χ0) is 9.91. The maximum Gasteiger partial charge on any atom is 0.375 e. The van der Waals surface area contributed by atoms with Crippen LogP contribution in [-0.2, 0) is 9.47 Å². The van der Waals surface area contributed by atoms with Gasteiger partial charge in [0.1, 0.15) is 0 Å². The van der Waals surface area contributed by atoms with E-state index >= 15 is 0 Å². The molecule has 0 aromatic heterocycles. The minimum atomic E-state index is -4.97. The second-order valence-corrected chi connectivity index (χ2v) is 3.16. The summed E-state index contributed by atoms with van der Waals surface area (Å²) in [6, 6.07) is 0. The summed E-state index contributed by atoms with van der Waals surface area (Å²) in [4.78, 5) is 0. The van der Waals surface area contributed by atoms with E-state index in [0.29, 0.717) is 0 Å². The quantitative estimate of drug-likeness (QED) is 0.441. The van der Waals surface area contributed by atoms with Crippen molar-refractivity contribution in [3.05, 3.63) is 0 Å². The molecule has 3 rings (SSSR count). The van der Waals surface area contributed by atoms with E-state index in [4.69, 9.17) is 0 Å². The first-order chi connectivity index (χ1) is 5.66. The Morgan fingerprint density at radius 2 is 0.846 bits per heavy atom. The third-order valence-corrected chi connectivity index (χ3v) is 2.53. The van der Waals surface area contributed by atoms with Crippen LogP contribution in [0, 0.1) is 0 Å². The Labute approximate surface area is 66.4 Å². The summed E-state index contributed by atoms with van der Waals surface area (Å²) in [7, 11) is 0. The van der Waals surface area contributed by atoms with Gasteiger partial charge in [-0.2, -0.15) is 26.3 Å². The van der Waals surface area contributed by atoms with Crippen LogP contribution in [0.15, 0.2) is 0 Å². The summed E-state index contributed by atoms with van der Waals surface area (Å²) >= 11 is 0. The summed E-state index contributed by atoms with van der Waals surface area (Å²) in [5, 5.41) is 0. The van der Waals surface area contributed by atoms with E-state index < -0.39 is 29.3 Å². The van der Waals surface area contributed by atoms with Crippen molar-refractivity contribution in [3.8, 4) is 0 Å². The van der Waals surface area contributed by atoms with Gasteiger partial charge >= 0.3 is 29.3 Å². The van der Waals surface area contributed by atoms with E-state index in [0.717, 1.165) is 0 Å². The van der Waals surface area contributed by atoms with E-state index in [1.165, 1.54) is 0 Å². The maximum absolute atomic E-state index is 12.8. The second kappa shape index (κ2) is 1.28. The van der Waals surface area contributed by atoms with E-state index in [2.05, 4.69) is 9.47 Å². The molecule has 1 aliphatic carbocycles. The number of ether oxygens (including phenoxy) is 2. The van der Waals surface area contributed by atoms with E-state index in [9.17, 15) is 26.3 Å². The number of fused-ring (bicyclic) bond motifs is 3. The fraction of sp³-hybridized carbons (Fsp3) is 1.00. The molecule has 0 radical (unpaired) electrons. The van der Waals surface area contributed by atoms with Crippen molar-refractivity contribution >= 4 is 0 Å². The van der Waals surface area contributed by atoms with Gasteiger partial charge in [-0.3, -0.25) is 9.47 Å². The molecular formula is C5F6O2. The first-order valence-corrected chi connectivity index (χ1v) is 3.20. The Morgan fingerprint density at radius 3 is 1.00 bits per heavy atom. The molecular weight excluding hydrogens is 206 g/mol. The highest BCUT2D eigenvalue weighted by atomic mass is 19.3. The molecule has 2 nitrogen and oxygen atoms in total. The van der Waals surface area contributed by atoms with Gasteiger partial charge in [0.25, 0.3) is 0 Å². The molecule has 1 saturated carbocycles. The molecule has 4 unspecified atom stereocenters. The van der Waals surface area contributed by atoms with Crippen LogP contribution in [0.2, 0.25) is 0 Å². The van der Waals surface area contributed by atoms with Crippen molar-refractivity contribution < 1.29 is 35.8 Å². The number of alkyl halides is 6. The van der Waals surface area contributed by atoms with Crippen molar-refractivity contribution in [1.82, 2.24) is 0 Å². The highest BCUT2D eigenvalue weighted by Gasteiger charge is 3.18. The van der Waals surface area contributed by atoms with Gasteiger partial charge in [0.05, 0.1) is 0 Å². The summed E-state index contributed by atoms with van der Waals surface area (Å²) in [5.41, 5.74) is 0. The lowest BCUT2D eigenvalue weighted by molar-refractivity contribution is -0.213. The van der Waals surface area contributed by atoms with Crippen molar-refractivity contribution in [3.63, 3.8) is 0 Å². The molecule has 0 spiro atoms. The maximum atomic E-state index is 12.8. The van der Waals surface area contributed by atoms with Crippen molar-refractivity contribution in [2.45, 2.75) is 29.3 Å². The lowest BCUT2D eigenvalue weighted by atomic mass is 10.2. The van der Waals surface area contributed by atoms with Gasteiger partial charge in [0, 0.05) is 0 Å². The predicted octanol–water partition coefficient (Wildman–Crippen LogP) is 1.36. The minimum Gasteiger partial charge on any atom is -0.289 e. The molecule has 3 fully saturated rings. The summed E-state index contributed by atoms with van der Waals surface area (Å²) in [6.45, 7) is 0. The second-order valence-electron chi connectivity index (χ2n) is 3.16. The average Bonchev–Trinajstić information content (AvgIpc) is 2.72. The smallest absolute Gasteiger partial charge is 0.289 e. The van der Waals surface area contributed by atoms with Crippen molar-refractivity contribution in [1.29, 1.82) is 0 Å². The fourth-order valence-corrected chi connectivity index (χ4v) is 1.62. The van der Waals surface area contributed by atoms with Crippen LogP contribution in [0.1, 0.15) is 0 Å². The van der Waals surface area contributed by atoms with Crippen LogP contribution in [-0.4, -0.2) is 29.3 Å². The zero-order valence-electron chi connectivity index (χ0n) is 5.58. The molecule has 0 aromatic carbocycles. The van der Waals surface area contributed by atoms with Gasteiger partial charge in [0.2, 0.25) is 0 Å². The molecule has 0 bridgehead atoms. The van der Waals surface area contributed by atoms with Crippen LogP contribution in [0.25, 0.3) is 0 Å². The monoisotopic (exact) mass is 206 g/mol. The topological polar surface area (TPSA) is 25.1 Å². The molecule has 2 heterocycles. The van der Waals surface area contributed by atoms with E-state index in [1.807, 2.05) is 0 Å². The van der Waals surface area contributed by atoms with Gasteiger partial charge in [-0.1, -0.05) is 0 Å². The molecule has 13 heavy (non-hydrogen) atoms. The number of halogens is 6. The Hall–Kier alpha value is -0.500. The fourth-order valence-electron chi connectivity index (χ4n) is 1.62. The molecule has 74 valence electrons. The standard InChI is InChI=1S/C5F6O2/c6-1(7)2(8)4(10,12-2)5(11)3(1,9)13-5. The van der Waals surface area contributed by atoms with E-state index in [1.54, 1.807) is 0 Å². The highest BCUT2D eigenvalue weighted by molar-refractivity contribution is 5.39. The molecule has 0 aromatic rings. The highest BCUT2D eigenvalue weighted by Crippen LogP contribution is 2.85. The number of hydrogen-bond acceptors (Lipinski definition) is 2. The number of hydrogen-bond donors (Lipinski definition) is 0. The van der Waals surface area contributed by atoms with Crippen LogP contribution in [0.4, 0.5) is 26.3 Å². The van der Waals surface area contributed by atoms with Crippen molar-refractivity contribution in [2.75, 3.05) is 0 Å². The summed E-state index contributed by atoms with van der Waals surface area (Å²) in [5.74, 6) is -21.5. The molecule has 2 saturated heterocycles. The van der Waals surface area contributed by atoms with Gasteiger partial charge in [-0.15, -0.1) is 0 Å². The Balaban J connectivity index is 2.22. The van der Waals surface area contributed by atoms with Crippen LogP contribution in [0.5, 0.6) is 0 Å². The number of rotatable bonds is 0.